The monoisotopic (exact) mass is 518 g/mol. The first-order valence-electron chi connectivity index (χ1n) is 13.2. The summed E-state index contributed by atoms with van der Waals surface area (Å²) < 4.78 is 15.2. The van der Waals surface area contributed by atoms with Gasteiger partial charge in [-0.1, -0.05) is 18.2 Å². The second kappa shape index (κ2) is 11.6. The number of nitrogens with zero attached hydrogens (tertiary/aromatic N) is 4. The SMILES string of the molecule is CCN(CC(CCN1CCC(c2ccc(F)cc2)CC1)c1ccsc1)C(=O)c1cccc2ncn(C)c12. The summed E-state index contributed by atoms with van der Waals surface area (Å²) in [5, 5.41) is 4.36. The van der Waals surface area contributed by atoms with Crippen molar-refractivity contribution >= 4 is 28.3 Å². The molecule has 1 atom stereocenters. The average molecular weight is 519 g/mol. The van der Waals surface area contributed by atoms with Crippen LogP contribution in [0.4, 0.5) is 4.39 Å². The van der Waals surface area contributed by atoms with Gasteiger partial charge >= 0.3 is 0 Å². The topological polar surface area (TPSA) is 41.4 Å². The highest BCUT2D eigenvalue weighted by Gasteiger charge is 2.25. The highest BCUT2D eigenvalue weighted by atomic mass is 32.1. The number of hydrogen-bond donors (Lipinski definition) is 0. The molecule has 2 aromatic heterocycles. The number of thiophene rings is 1. The van der Waals surface area contributed by atoms with Gasteiger partial charge in [-0.05, 0) is 104 Å². The molecule has 0 spiro atoms. The molecule has 1 saturated heterocycles. The van der Waals surface area contributed by atoms with Crippen LogP contribution >= 0.6 is 11.3 Å². The Hall–Kier alpha value is -3.03. The first-order valence-corrected chi connectivity index (χ1v) is 14.2. The van der Waals surface area contributed by atoms with Crippen LogP contribution in [0, 0.1) is 5.82 Å². The van der Waals surface area contributed by atoms with Gasteiger partial charge in [0.05, 0.1) is 22.9 Å². The first-order chi connectivity index (χ1) is 18.0. The number of aromatic nitrogens is 2. The highest BCUT2D eigenvalue weighted by molar-refractivity contribution is 7.08. The molecular formula is C30H35FN4OS. The molecule has 1 aliphatic rings. The summed E-state index contributed by atoms with van der Waals surface area (Å²) in [6.07, 6.45) is 4.98. The molecule has 1 aliphatic heterocycles. The lowest BCUT2D eigenvalue weighted by molar-refractivity contribution is 0.0750. The number of carbonyl (C=O) groups excluding carboxylic acids is 1. The number of carbonyl (C=O) groups is 1. The molecule has 0 aliphatic carbocycles. The number of halogens is 1. The molecule has 0 bridgehead atoms. The summed E-state index contributed by atoms with van der Waals surface area (Å²) in [5.74, 6) is 0.692. The largest absolute Gasteiger partial charge is 0.338 e. The van der Waals surface area contributed by atoms with Crippen molar-refractivity contribution in [1.82, 2.24) is 19.4 Å². The molecule has 2 aromatic carbocycles. The van der Waals surface area contributed by atoms with Gasteiger partial charge in [-0.3, -0.25) is 4.79 Å². The van der Waals surface area contributed by atoms with Crippen LogP contribution < -0.4 is 0 Å². The minimum atomic E-state index is -0.169. The van der Waals surface area contributed by atoms with Crippen molar-refractivity contribution in [2.45, 2.75) is 38.0 Å². The molecular weight excluding hydrogens is 483 g/mol. The Morgan fingerprint density at radius 3 is 2.65 bits per heavy atom. The fraction of sp³-hybridized carbons (Fsp3) is 0.400. The van der Waals surface area contributed by atoms with Crippen molar-refractivity contribution < 1.29 is 9.18 Å². The molecule has 0 saturated carbocycles. The van der Waals surface area contributed by atoms with Crippen molar-refractivity contribution in [2.24, 2.45) is 7.05 Å². The van der Waals surface area contributed by atoms with Crippen LogP contribution in [-0.4, -0.2) is 58.0 Å². The zero-order valence-corrected chi connectivity index (χ0v) is 22.5. The van der Waals surface area contributed by atoms with Crippen molar-refractivity contribution in [3.05, 3.63) is 88.1 Å². The van der Waals surface area contributed by atoms with Gasteiger partial charge in [-0.25, -0.2) is 9.37 Å². The van der Waals surface area contributed by atoms with Gasteiger partial charge in [0.25, 0.3) is 5.91 Å². The van der Waals surface area contributed by atoms with E-state index in [1.807, 2.05) is 46.8 Å². The number of rotatable bonds is 9. The Morgan fingerprint density at radius 2 is 1.95 bits per heavy atom. The van der Waals surface area contributed by atoms with E-state index in [4.69, 9.17) is 0 Å². The highest BCUT2D eigenvalue weighted by Crippen LogP contribution is 2.30. The van der Waals surface area contributed by atoms with E-state index in [0.29, 0.717) is 24.6 Å². The van der Waals surface area contributed by atoms with E-state index < -0.39 is 0 Å². The van der Waals surface area contributed by atoms with E-state index in [9.17, 15) is 9.18 Å². The molecule has 4 aromatic rings. The maximum Gasteiger partial charge on any atom is 0.256 e. The molecule has 5 rings (SSSR count). The van der Waals surface area contributed by atoms with Crippen LogP contribution in [0.15, 0.2) is 65.6 Å². The maximum atomic E-state index is 13.7. The fourth-order valence-corrected chi connectivity index (χ4v) is 6.35. The summed E-state index contributed by atoms with van der Waals surface area (Å²) in [7, 11) is 1.94. The number of piperidine rings is 1. The second-order valence-electron chi connectivity index (χ2n) is 10.1. The van der Waals surface area contributed by atoms with Gasteiger partial charge in [0.15, 0.2) is 0 Å². The lowest BCUT2D eigenvalue weighted by Crippen LogP contribution is -2.37. The third-order valence-electron chi connectivity index (χ3n) is 7.81. The summed E-state index contributed by atoms with van der Waals surface area (Å²) in [6, 6.07) is 15.0. The lowest BCUT2D eigenvalue weighted by atomic mass is 9.89. The molecule has 0 N–H and O–H groups in total. The Morgan fingerprint density at radius 1 is 1.16 bits per heavy atom. The Bertz CT molecular complexity index is 1310. The third kappa shape index (κ3) is 5.78. The van der Waals surface area contributed by atoms with Crippen LogP contribution in [0.25, 0.3) is 11.0 Å². The summed E-state index contributed by atoms with van der Waals surface area (Å²) in [4.78, 5) is 22.7. The molecule has 1 unspecified atom stereocenters. The number of aryl methyl sites for hydroxylation is 1. The molecule has 5 nitrogen and oxygen atoms in total. The number of para-hydroxylation sites is 1. The van der Waals surface area contributed by atoms with E-state index in [1.165, 1.54) is 11.1 Å². The standard InChI is InChI=1S/C30H35FN4OS/c1-3-35(30(36)27-5-4-6-28-29(27)33(2)21-32-28)19-24(25-14-18-37-20-25)13-17-34-15-11-23(12-16-34)22-7-9-26(31)10-8-22/h4-10,14,18,20-21,23-24H,3,11-13,15-17,19H2,1-2H3. The fourth-order valence-electron chi connectivity index (χ4n) is 5.61. The van der Waals surface area contributed by atoms with Crippen molar-refractivity contribution in [2.75, 3.05) is 32.7 Å². The quantitative estimate of drug-likeness (QED) is 0.262. The van der Waals surface area contributed by atoms with E-state index in [-0.39, 0.29) is 17.6 Å². The van der Waals surface area contributed by atoms with Gasteiger partial charge in [0.1, 0.15) is 5.82 Å². The van der Waals surface area contributed by atoms with Crippen molar-refractivity contribution in [1.29, 1.82) is 0 Å². The lowest BCUT2D eigenvalue weighted by Gasteiger charge is -2.34. The van der Waals surface area contributed by atoms with Gasteiger partial charge < -0.3 is 14.4 Å². The number of benzene rings is 2. The van der Waals surface area contributed by atoms with Crippen molar-refractivity contribution in [3.8, 4) is 0 Å². The van der Waals surface area contributed by atoms with Crippen molar-refractivity contribution in [3.63, 3.8) is 0 Å². The number of imidazole rings is 1. The number of fused-ring (bicyclic) bond motifs is 1. The minimum absolute atomic E-state index is 0.0667. The Labute approximate surface area is 222 Å². The minimum Gasteiger partial charge on any atom is -0.338 e. The molecule has 3 heterocycles. The van der Waals surface area contributed by atoms with Crippen LogP contribution in [0.5, 0.6) is 0 Å². The third-order valence-corrected chi connectivity index (χ3v) is 8.52. The number of amides is 1. The average Bonchev–Trinajstić information content (AvgIpc) is 3.60. The predicted octanol–water partition coefficient (Wildman–Crippen LogP) is 6.29. The van der Waals surface area contributed by atoms with Crippen LogP contribution in [0.2, 0.25) is 0 Å². The second-order valence-corrected chi connectivity index (χ2v) is 10.9. The molecule has 0 radical (unpaired) electrons. The number of likely N-dealkylation sites (N-methyl/N-ethyl adjacent to an activating group) is 1. The molecule has 194 valence electrons. The smallest absolute Gasteiger partial charge is 0.256 e. The summed E-state index contributed by atoms with van der Waals surface area (Å²) >= 11 is 1.72. The van der Waals surface area contributed by atoms with Gasteiger partial charge in [0, 0.05) is 26.1 Å². The Balaban J connectivity index is 1.24. The summed E-state index contributed by atoms with van der Waals surface area (Å²) in [5.41, 5.74) is 5.02. The Kier molecular flexibility index (Phi) is 8.01. The van der Waals surface area contributed by atoms with Gasteiger partial charge in [-0.2, -0.15) is 11.3 Å². The normalized spacial score (nSPS) is 15.8. The van der Waals surface area contributed by atoms with Gasteiger partial charge in [-0.15, -0.1) is 0 Å². The molecule has 1 amide bonds. The van der Waals surface area contributed by atoms with Gasteiger partial charge in [0.2, 0.25) is 0 Å². The van der Waals surface area contributed by atoms with Crippen LogP contribution in [-0.2, 0) is 7.05 Å². The van der Waals surface area contributed by atoms with E-state index in [0.717, 1.165) is 49.9 Å². The number of hydrogen-bond acceptors (Lipinski definition) is 4. The summed E-state index contributed by atoms with van der Waals surface area (Å²) in [6.45, 7) is 6.55. The molecule has 1 fully saturated rings. The van der Waals surface area contributed by atoms with E-state index in [2.05, 4.69) is 33.6 Å². The predicted molar refractivity (Wildman–Crippen MR) is 149 cm³/mol. The molecule has 7 heteroatoms. The number of likely N-dealkylation sites (tertiary alicyclic amines) is 1. The van der Waals surface area contributed by atoms with Crippen LogP contribution in [0.1, 0.15) is 59.5 Å². The zero-order chi connectivity index (χ0) is 25.8. The van der Waals surface area contributed by atoms with E-state index >= 15 is 0 Å². The first kappa shape index (κ1) is 25.6. The van der Waals surface area contributed by atoms with E-state index in [1.54, 1.807) is 29.8 Å². The van der Waals surface area contributed by atoms with Crippen LogP contribution in [0.3, 0.4) is 0 Å². The maximum absolute atomic E-state index is 13.7. The molecule has 37 heavy (non-hydrogen) atoms. The zero-order valence-electron chi connectivity index (χ0n) is 21.6.